The molecule has 0 amide bonds. The zero-order valence-electron chi connectivity index (χ0n) is 9.37. The number of hydrogen-bond donors (Lipinski definition) is 0. The summed E-state index contributed by atoms with van der Waals surface area (Å²) in [6.45, 7) is 10.3. The van der Waals surface area contributed by atoms with E-state index in [9.17, 15) is 0 Å². The molecule has 1 aromatic heterocycles. The molecule has 0 N–H and O–H groups in total. The molecule has 0 aliphatic carbocycles. The summed E-state index contributed by atoms with van der Waals surface area (Å²) in [6.07, 6.45) is 4.10. The van der Waals surface area contributed by atoms with Crippen molar-refractivity contribution in [3.05, 3.63) is 18.0 Å². The van der Waals surface area contributed by atoms with E-state index in [-0.39, 0.29) is 11.0 Å². The molecule has 0 spiro atoms. The maximum atomic E-state index is 5.23. The predicted molar refractivity (Wildman–Crippen MR) is 55.4 cm³/mol. The summed E-state index contributed by atoms with van der Waals surface area (Å²) in [4.78, 5) is 0. The molecule has 0 radical (unpaired) electrons. The Morgan fingerprint density at radius 2 is 2.07 bits per heavy atom. The fraction of sp³-hybridized carbons (Fsp3) is 0.727. The molecule has 0 unspecified atom stereocenters. The lowest BCUT2D eigenvalue weighted by Crippen LogP contribution is -2.49. The van der Waals surface area contributed by atoms with Gasteiger partial charge in [0.2, 0.25) is 0 Å². The van der Waals surface area contributed by atoms with Gasteiger partial charge in [-0.15, -0.1) is 0 Å². The number of nitrogens with zero attached hydrogens (tertiary/aromatic N) is 2. The summed E-state index contributed by atoms with van der Waals surface area (Å²) in [5.74, 6) is 0. The van der Waals surface area contributed by atoms with Crippen LogP contribution in [0.4, 0.5) is 0 Å². The zero-order valence-corrected chi connectivity index (χ0v) is 9.37. The average molecular weight is 194 g/mol. The molecule has 14 heavy (non-hydrogen) atoms. The van der Waals surface area contributed by atoms with Crippen LogP contribution in [0, 0.1) is 0 Å². The van der Waals surface area contributed by atoms with Crippen LogP contribution in [0.25, 0.3) is 0 Å². The lowest BCUT2D eigenvalue weighted by Gasteiger charge is -2.38. The quantitative estimate of drug-likeness (QED) is 0.683. The Hall–Kier alpha value is -0.830. The molecule has 2 rings (SSSR count). The Balaban J connectivity index is 2.26. The van der Waals surface area contributed by atoms with Crippen LogP contribution in [0.5, 0.6) is 0 Å². The minimum absolute atomic E-state index is 0.0868. The molecule has 0 atom stereocenters. The van der Waals surface area contributed by atoms with Crippen LogP contribution in [0.3, 0.4) is 0 Å². The molecule has 2 heterocycles. The van der Waals surface area contributed by atoms with Gasteiger partial charge in [0.1, 0.15) is 5.54 Å². The predicted octanol–water partition coefficient (Wildman–Crippen LogP) is 1.93. The fourth-order valence-electron chi connectivity index (χ4n) is 1.54. The third kappa shape index (κ3) is 1.46. The van der Waals surface area contributed by atoms with Crippen molar-refractivity contribution in [2.75, 3.05) is 13.2 Å². The lowest BCUT2D eigenvalue weighted by atomic mass is 9.89. The molecule has 1 aromatic rings. The molecule has 0 bridgehead atoms. The van der Waals surface area contributed by atoms with E-state index in [1.54, 1.807) is 0 Å². The number of ether oxygens (including phenoxy) is 1. The van der Waals surface area contributed by atoms with E-state index in [0.29, 0.717) is 0 Å². The molecule has 0 saturated carbocycles. The highest BCUT2D eigenvalue weighted by Gasteiger charge is 2.36. The van der Waals surface area contributed by atoms with Crippen LogP contribution in [-0.4, -0.2) is 23.0 Å². The van der Waals surface area contributed by atoms with Crippen LogP contribution in [0.2, 0.25) is 0 Å². The fourth-order valence-corrected chi connectivity index (χ4v) is 1.54. The van der Waals surface area contributed by atoms with Gasteiger partial charge in [-0.05, 0) is 17.9 Å². The molecule has 3 nitrogen and oxygen atoms in total. The second-order valence-electron chi connectivity index (χ2n) is 5.41. The van der Waals surface area contributed by atoms with Crippen molar-refractivity contribution in [3.63, 3.8) is 0 Å². The van der Waals surface area contributed by atoms with Gasteiger partial charge in [-0.3, -0.25) is 4.68 Å². The molecule has 1 aliphatic rings. The summed E-state index contributed by atoms with van der Waals surface area (Å²) in [5.41, 5.74) is 1.55. The lowest BCUT2D eigenvalue weighted by molar-refractivity contribution is -0.0958. The van der Waals surface area contributed by atoms with Gasteiger partial charge in [0.05, 0.1) is 19.4 Å². The third-order valence-electron chi connectivity index (χ3n) is 2.83. The van der Waals surface area contributed by atoms with Crippen molar-refractivity contribution in [3.8, 4) is 0 Å². The second-order valence-corrected chi connectivity index (χ2v) is 5.41. The first kappa shape index (κ1) is 9.71. The first-order valence-electron chi connectivity index (χ1n) is 5.05. The van der Waals surface area contributed by atoms with E-state index in [2.05, 4.69) is 39.0 Å². The first-order chi connectivity index (χ1) is 6.42. The van der Waals surface area contributed by atoms with Crippen LogP contribution < -0.4 is 0 Å². The SMILES string of the molecule is CC(C)(C)c1cnn(C2(C)COC2)c1. The van der Waals surface area contributed by atoms with Gasteiger partial charge in [0.15, 0.2) is 0 Å². The molecule has 1 fully saturated rings. The smallest absolute Gasteiger partial charge is 0.106 e. The Bertz CT molecular complexity index is 331. The Morgan fingerprint density at radius 3 is 2.43 bits per heavy atom. The van der Waals surface area contributed by atoms with Gasteiger partial charge in [0, 0.05) is 6.20 Å². The number of aromatic nitrogens is 2. The Labute approximate surface area is 85.1 Å². The zero-order chi connectivity index (χ0) is 10.4. The van der Waals surface area contributed by atoms with Gasteiger partial charge in [-0.25, -0.2) is 0 Å². The second kappa shape index (κ2) is 2.83. The van der Waals surface area contributed by atoms with Gasteiger partial charge >= 0.3 is 0 Å². The molecule has 78 valence electrons. The summed E-state index contributed by atoms with van der Waals surface area (Å²) in [7, 11) is 0. The molecule has 1 aliphatic heterocycles. The van der Waals surface area contributed by atoms with E-state index in [1.807, 2.05) is 10.9 Å². The summed E-state index contributed by atoms with van der Waals surface area (Å²) < 4.78 is 7.27. The van der Waals surface area contributed by atoms with Gasteiger partial charge in [-0.1, -0.05) is 20.8 Å². The normalized spacial score (nSPS) is 20.6. The van der Waals surface area contributed by atoms with Crippen molar-refractivity contribution in [1.29, 1.82) is 0 Å². The minimum Gasteiger partial charge on any atom is -0.376 e. The molecule has 0 aromatic carbocycles. The van der Waals surface area contributed by atoms with Gasteiger partial charge in [0.25, 0.3) is 0 Å². The molecular weight excluding hydrogens is 176 g/mol. The highest BCUT2D eigenvalue weighted by atomic mass is 16.5. The minimum atomic E-state index is 0.0868. The largest absolute Gasteiger partial charge is 0.376 e. The maximum absolute atomic E-state index is 5.23. The van der Waals surface area contributed by atoms with E-state index >= 15 is 0 Å². The van der Waals surface area contributed by atoms with Crippen LogP contribution in [-0.2, 0) is 15.7 Å². The van der Waals surface area contributed by atoms with Crippen molar-refractivity contribution in [2.24, 2.45) is 0 Å². The molecular formula is C11H18N2O. The van der Waals surface area contributed by atoms with Crippen LogP contribution in [0.15, 0.2) is 12.4 Å². The summed E-state index contributed by atoms with van der Waals surface area (Å²) >= 11 is 0. The standard InChI is InChI=1S/C11H18N2O/c1-10(2,3)9-5-12-13(6-9)11(4)7-14-8-11/h5-6H,7-8H2,1-4H3. The van der Waals surface area contributed by atoms with E-state index in [1.165, 1.54) is 5.56 Å². The Kier molecular flexibility index (Phi) is 1.96. The van der Waals surface area contributed by atoms with Gasteiger partial charge < -0.3 is 4.74 Å². The van der Waals surface area contributed by atoms with E-state index in [0.717, 1.165) is 13.2 Å². The van der Waals surface area contributed by atoms with Crippen molar-refractivity contribution < 1.29 is 4.74 Å². The molecule has 1 saturated heterocycles. The monoisotopic (exact) mass is 194 g/mol. The van der Waals surface area contributed by atoms with Crippen LogP contribution >= 0.6 is 0 Å². The summed E-state index contributed by atoms with van der Waals surface area (Å²) in [6, 6.07) is 0. The van der Waals surface area contributed by atoms with Crippen LogP contribution in [0.1, 0.15) is 33.3 Å². The topological polar surface area (TPSA) is 27.1 Å². The number of hydrogen-bond acceptors (Lipinski definition) is 2. The number of rotatable bonds is 1. The summed E-state index contributed by atoms with van der Waals surface area (Å²) in [5, 5.41) is 4.41. The van der Waals surface area contributed by atoms with Crippen molar-refractivity contribution in [2.45, 2.75) is 38.6 Å². The third-order valence-corrected chi connectivity index (χ3v) is 2.83. The van der Waals surface area contributed by atoms with Crippen molar-refractivity contribution in [1.82, 2.24) is 9.78 Å². The maximum Gasteiger partial charge on any atom is 0.106 e. The average Bonchev–Trinajstić information content (AvgIpc) is 2.46. The highest BCUT2D eigenvalue weighted by molar-refractivity contribution is 5.16. The molecule has 3 heteroatoms. The Morgan fingerprint density at radius 1 is 1.43 bits per heavy atom. The highest BCUT2D eigenvalue weighted by Crippen LogP contribution is 2.28. The first-order valence-corrected chi connectivity index (χ1v) is 5.05. The van der Waals surface area contributed by atoms with E-state index in [4.69, 9.17) is 4.74 Å². The van der Waals surface area contributed by atoms with Gasteiger partial charge in [-0.2, -0.15) is 5.10 Å². The van der Waals surface area contributed by atoms with E-state index < -0.39 is 0 Å². The van der Waals surface area contributed by atoms with Crippen molar-refractivity contribution >= 4 is 0 Å².